The smallest absolute Gasteiger partial charge is 0.191 e. The number of hydrogen-bond donors (Lipinski definition) is 2. The number of nitrogens with one attached hydrogen (secondary N) is 2. The normalized spacial score (nSPS) is 16.1. The van der Waals surface area contributed by atoms with E-state index in [-0.39, 0.29) is 0 Å². The van der Waals surface area contributed by atoms with E-state index in [1.165, 1.54) is 44.9 Å². The largest absolute Gasteiger partial charge is 0.356 e. The molecule has 24 heavy (non-hydrogen) atoms. The molecule has 5 heteroatoms. The molecule has 0 amide bonds. The molecule has 1 fully saturated rings. The molecule has 1 saturated carbocycles. The highest BCUT2D eigenvalue weighted by Gasteiger charge is 2.13. The number of rotatable bonds is 9. The highest BCUT2D eigenvalue weighted by Crippen LogP contribution is 2.28. The highest BCUT2D eigenvalue weighted by atomic mass is 15.2. The summed E-state index contributed by atoms with van der Waals surface area (Å²) < 4.78 is 2.21. The molecule has 0 radical (unpaired) electrons. The van der Waals surface area contributed by atoms with Crippen molar-refractivity contribution in [2.75, 3.05) is 13.6 Å². The molecule has 1 aromatic heterocycles. The first-order valence-corrected chi connectivity index (χ1v) is 9.63. The van der Waals surface area contributed by atoms with E-state index in [0.29, 0.717) is 12.5 Å². The fraction of sp³-hybridized carbons (Fsp3) is 0.789. The summed E-state index contributed by atoms with van der Waals surface area (Å²) >= 11 is 0. The Morgan fingerprint density at radius 3 is 2.79 bits per heavy atom. The number of nitrogens with zero attached hydrogens (tertiary/aromatic N) is 3. The molecule has 0 aromatic carbocycles. The lowest BCUT2D eigenvalue weighted by Gasteiger charge is -2.14. The molecule has 136 valence electrons. The molecule has 0 spiro atoms. The molecule has 2 rings (SSSR count). The molecule has 1 heterocycles. The van der Waals surface area contributed by atoms with Gasteiger partial charge in [0.05, 0.1) is 6.54 Å². The zero-order valence-corrected chi connectivity index (χ0v) is 15.7. The van der Waals surface area contributed by atoms with Gasteiger partial charge in [-0.2, -0.15) is 0 Å². The summed E-state index contributed by atoms with van der Waals surface area (Å²) in [4.78, 5) is 8.76. The maximum atomic E-state index is 4.45. The molecular weight excluding hydrogens is 298 g/mol. The van der Waals surface area contributed by atoms with Crippen LogP contribution in [0.25, 0.3) is 0 Å². The van der Waals surface area contributed by atoms with Crippen molar-refractivity contribution in [3.05, 3.63) is 18.2 Å². The number of aliphatic imine (C=N–C) groups is 1. The van der Waals surface area contributed by atoms with Crippen LogP contribution in [-0.2, 0) is 13.1 Å². The van der Waals surface area contributed by atoms with E-state index in [1.54, 1.807) is 0 Å². The molecule has 1 aliphatic carbocycles. The van der Waals surface area contributed by atoms with Gasteiger partial charge in [0.2, 0.25) is 0 Å². The van der Waals surface area contributed by atoms with Crippen molar-refractivity contribution in [1.29, 1.82) is 0 Å². The number of imidazole rings is 1. The minimum atomic E-state index is 0.621. The van der Waals surface area contributed by atoms with Crippen molar-refractivity contribution in [1.82, 2.24) is 20.2 Å². The van der Waals surface area contributed by atoms with Crippen molar-refractivity contribution in [3.63, 3.8) is 0 Å². The van der Waals surface area contributed by atoms with Crippen LogP contribution in [0.3, 0.4) is 0 Å². The Labute approximate surface area is 147 Å². The van der Waals surface area contributed by atoms with E-state index >= 15 is 0 Å². The standard InChI is InChI=1S/C19H35N5/c1-16(2)15-24-13-12-21-18(24)14-23-19(20-3)22-11-7-6-10-17-8-4-5-9-17/h12-13,16-17H,4-11,14-15H2,1-3H3,(H2,20,22,23). The van der Waals surface area contributed by atoms with Crippen LogP contribution in [0, 0.1) is 11.8 Å². The lowest BCUT2D eigenvalue weighted by atomic mass is 10.0. The topological polar surface area (TPSA) is 54.2 Å². The van der Waals surface area contributed by atoms with Gasteiger partial charge in [0.1, 0.15) is 5.82 Å². The molecule has 0 bridgehead atoms. The maximum Gasteiger partial charge on any atom is 0.191 e. The molecule has 1 aromatic rings. The highest BCUT2D eigenvalue weighted by molar-refractivity contribution is 5.79. The molecule has 1 aliphatic rings. The Kier molecular flexibility index (Phi) is 8.13. The zero-order chi connectivity index (χ0) is 17.2. The minimum absolute atomic E-state index is 0.621. The summed E-state index contributed by atoms with van der Waals surface area (Å²) in [6.45, 7) is 7.16. The van der Waals surface area contributed by atoms with Gasteiger partial charge in [-0.15, -0.1) is 0 Å². The Morgan fingerprint density at radius 2 is 2.08 bits per heavy atom. The van der Waals surface area contributed by atoms with E-state index < -0.39 is 0 Å². The van der Waals surface area contributed by atoms with Crippen LogP contribution in [0.15, 0.2) is 17.4 Å². The quantitative estimate of drug-likeness (QED) is 0.413. The minimum Gasteiger partial charge on any atom is -0.356 e. The molecule has 0 saturated heterocycles. The fourth-order valence-electron chi connectivity index (χ4n) is 3.51. The summed E-state index contributed by atoms with van der Waals surface area (Å²) in [6, 6.07) is 0. The van der Waals surface area contributed by atoms with E-state index in [2.05, 4.69) is 45.2 Å². The summed E-state index contributed by atoms with van der Waals surface area (Å²) in [6.07, 6.45) is 13.7. The van der Waals surface area contributed by atoms with Crippen LogP contribution in [-0.4, -0.2) is 29.1 Å². The van der Waals surface area contributed by atoms with Crippen molar-refractivity contribution < 1.29 is 0 Å². The zero-order valence-electron chi connectivity index (χ0n) is 15.7. The van der Waals surface area contributed by atoms with Crippen LogP contribution in [0.2, 0.25) is 0 Å². The second-order valence-electron chi connectivity index (χ2n) is 7.39. The fourth-order valence-corrected chi connectivity index (χ4v) is 3.51. The predicted molar refractivity (Wildman–Crippen MR) is 101 cm³/mol. The van der Waals surface area contributed by atoms with Crippen LogP contribution in [0.4, 0.5) is 0 Å². The summed E-state index contributed by atoms with van der Waals surface area (Å²) in [5, 5.41) is 6.79. The molecular formula is C19H35N5. The van der Waals surface area contributed by atoms with Gasteiger partial charge in [-0.05, 0) is 18.3 Å². The second-order valence-corrected chi connectivity index (χ2v) is 7.39. The van der Waals surface area contributed by atoms with Gasteiger partial charge < -0.3 is 15.2 Å². The molecule has 0 unspecified atom stereocenters. The van der Waals surface area contributed by atoms with Crippen LogP contribution in [0.5, 0.6) is 0 Å². The van der Waals surface area contributed by atoms with Gasteiger partial charge in [-0.3, -0.25) is 4.99 Å². The van der Waals surface area contributed by atoms with Gasteiger partial charge >= 0.3 is 0 Å². The second kappa shape index (κ2) is 10.4. The summed E-state index contributed by atoms with van der Waals surface area (Å²) in [5.41, 5.74) is 0. The monoisotopic (exact) mass is 333 g/mol. The molecule has 0 atom stereocenters. The van der Waals surface area contributed by atoms with Gasteiger partial charge in [0.15, 0.2) is 5.96 Å². The van der Waals surface area contributed by atoms with Gasteiger partial charge in [-0.25, -0.2) is 4.98 Å². The Bertz CT molecular complexity index is 486. The van der Waals surface area contributed by atoms with Crippen molar-refractivity contribution in [2.45, 2.75) is 71.9 Å². The number of aromatic nitrogens is 2. The van der Waals surface area contributed by atoms with Crippen LogP contribution < -0.4 is 10.6 Å². The van der Waals surface area contributed by atoms with Crippen molar-refractivity contribution in [2.24, 2.45) is 16.8 Å². The lowest BCUT2D eigenvalue weighted by Crippen LogP contribution is -2.38. The first kappa shape index (κ1) is 18.8. The number of unbranched alkanes of at least 4 members (excludes halogenated alkanes) is 1. The van der Waals surface area contributed by atoms with Gasteiger partial charge in [0.25, 0.3) is 0 Å². The number of guanidine groups is 1. The third kappa shape index (κ3) is 6.54. The first-order valence-electron chi connectivity index (χ1n) is 9.63. The predicted octanol–water partition coefficient (Wildman–Crippen LogP) is 3.56. The van der Waals surface area contributed by atoms with Crippen molar-refractivity contribution in [3.8, 4) is 0 Å². The first-order chi connectivity index (χ1) is 11.7. The molecule has 2 N–H and O–H groups in total. The van der Waals surface area contributed by atoms with E-state index in [1.807, 2.05) is 13.2 Å². The third-order valence-corrected chi connectivity index (χ3v) is 4.81. The Morgan fingerprint density at radius 1 is 1.29 bits per heavy atom. The lowest BCUT2D eigenvalue weighted by molar-refractivity contribution is 0.472. The summed E-state index contributed by atoms with van der Waals surface area (Å²) in [7, 11) is 1.83. The van der Waals surface area contributed by atoms with Crippen LogP contribution in [0.1, 0.15) is 64.6 Å². The van der Waals surface area contributed by atoms with Crippen molar-refractivity contribution >= 4 is 5.96 Å². The Hall–Kier alpha value is -1.52. The SMILES string of the molecule is CN=C(NCCCCC1CCCC1)NCc1nccn1CC(C)C. The summed E-state index contributed by atoms with van der Waals surface area (Å²) in [5.74, 6) is 3.56. The van der Waals surface area contributed by atoms with E-state index in [4.69, 9.17) is 0 Å². The van der Waals surface area contributed by atoms with E-state index in [9.17, 15) is 0 Å². The average molecular weight is 334 g/mol. The average Bonchev–Trinajstić information content (AvgIpc) is 3.21. The van der Waals surface area contributed by atoms with Crippen LogP contribution >= 0.6 is 0 Å². The maximum absolute atomic E-state index is 4.45. The van der Waals surface area contributed by atoms with Gasteiger partial charge in [0, 0.05) is 32.5 Å². The van der Waals surface area contributed by atoms with E-state index in [0.717, 1.165) is 30.8 Å². The Balaban J connectivity index is 1.62. The molecule has 5 nitrogen and oxygen atoms in total. The van der Waals surface area contributed by atoms with Gasteiger partial charge in [-0.1, -0.05) is 52.4 Å². The molecule has 0 aliphatic heterocycles. The number of hydrogen-bond acceptors (Lipinski definition) is 2. The third-order valence-electron chi connectivity index (χ3n) is 4.81.